The van der Waals surface area contributed by atoms with Gasteiger partial charge in [-0.15, -0.1) is 0 Å². The van der Waals surface area contributed by atoms with Crippen molar-refractivity contribution >= 4 is 10.0 Å². The number of aryl methyl sites for hydroxylation is 2. The first kappa shape index (κ1) is 15.0. The van der Waals surface area contributed by atoms with Crippen LogP contribution in [-0.4, -0.2) is 46.9 Å². The monoisotopic (exact) mass is 312 g/mol. The number of hydrogen-bond donors (Lipinski definition) is 1. The molecule has 6 nitrogen and oxygen atoms in total. The van der Waals surface area contributed by atoms with Gasteiger partial charge in [0.15, 0.2) is 5.03 Å². The third-order valence-electron chi connectivity index (χ3n) is 4.83. The molecular formula is C14H24N4O2S. The third-order valence-corrected chi connectivity index (χ3v) is 6.73. The Morgan fingerprint density at radius 3 is 2.48 bits per heavy atom. The molecule has 1 N–H and O–H groups in total. The Morgan fingerprint density at radius 1 is 1.38 bits per heavy atom. The molecule has 0 radical (unpaired) electrons. The van der Waals surface area contributed by atoms with Gasteiger partial charge in [-0.25, -0.2) is 13.4 Å². The van der Waals surface area contributed by atoms with E-state index in [4.69, 9.17) is 0 Å². The molecule has 0 amide bonds. The summed E-state index contributed by atoms with van der Waals surface area (Å²) >= 11 is 0. The maximum atomic E-state index is 12.9. The summed E-state index contributed by atoms with van der Waals surface area (Å²) in [7, 11) is -1.68. The number of sulfonamides is 1. The number of hydrogen-bond acceptors (Lipinski definition) is 4. The molecule has 21 heavy (non-hydrogen) atoms. The minimum absolute atomic E-state index is 0.0982. The molecule has 7 heteroatoms. The summed E-state index contributed by atoms with van der Waals surface area (Å²) < 4.78 is 29.2. The fourth-order valence-electron chi connectivity index (χ4n) is 3.66. The van der Waals surface area contributed by atoms with Crippen LogP contribution in [0.2, 0.25) is 0 Å². The topological polar surface area (TPSA) is 67.2 Å². The van der Waals surface area contributed by atoms with Gasteiger partial charge in [0.05, 0.1) is 0 Å². The van der Waals surface area contributed by atoms with Gasteiger partial charge in [-0.05, 0) is 32.6 Å². The van der Waals surface area contributed by atoms with Gasteiger partial charge in [-0.1, -0.05) is 6.92 Å². The number of piperidine rings is 1. The van der Waals surface area contributed by atoms with Crippen molar-refractivity contribution in [1.29, 1.82) is 0 Å². The first-order chi connectivity index (χ1) is 9.91. The largest absolute Gasteiger partial charge is 0.337 e. The summed E-state index contributed by atoms with van der Waals surface area (Å²) in [5, 5.41) is 3.74. The second-order valence-corrected chi connectivity index (χ2v) is 8.05. The average molecular weight is 312 g/mol. The van der Waals surface area contributed by atoms with Gasteiger partial charge in [-0.3, -0.25) is 0 Å². The van der Waals surface area contributed by atoms with Crippen LogP contribution in [0, 0.1) is 6.92 Å². The number of nitrogens with one attached hydrogen (secondary N) is 1. The van der Waals surface area contributed by atoms with Crippen molar-refractivity contribution < 1.29 is 8.42 Å². The highest BCUT2D eigenvalue weighted by Crippen LogP contribution is 2.32. The van der Waals surface area contributed by atoms with Crippen molar-refractivity contribution in [2.45, 2.75) is 62.7 Å². The van der Waals surface area contributed by atoms with E-state index >= 15 is 0 Å². The zero-order valence-electron chi connectivity index (χ0n) is 12.9. The van der Waals surface area contributed by atoms with Gasteiger partial charge >= 0.3 is 0 Å². The molecule has 0 aliphatic carbocycles. The number of rotatable bonds is 4. The third kappa shape index (κ3) is 2.62. The highest BCUT2D eigenvalue weighted by atomic mass is 32.2. The second kappa shape index (κ2) is 5.37. The van der Waals surface area contributed by atoms with Crippen LogP contribution >= 0.6 is 0 Å². The fourth-order valence-corrected chi connectivity index (χ4v) is 5.34. The molecular weight excluding hydrogens is 288 g/mol. The average Bonchev–Trinajstić information content (AvgIpc) is 2.94. The highest BCUT2D eigenvalue weighted by molar-refractivity contribution is 7.89. The molecule has 1 aromatic heterocycles. The minimum atomic E-state index is -3.50. The van der Waals surface area contributed by atoms with Crippen LogP contribution in [-0.2, 0) is 17.1 Å². The summed E-state index contributed by atoms with van der Waals surface area (Å²) in [5.74, 6) is 0.718. The van der Waals surface area contributed by atoms with Crippen molar-refractivity contribution in [3.05, 3.63) is 12.0 Å². The van der Waals surface area contributed by atoms with E-state index in [9.17, 15) is 8.42 Å². The molecule has 1 aromatic rings. The molecule has 2 aliphatic heterocycles. The molecule has 3 heterocycles. The van der Waals surface area contributed by atoms with Crippen molar-refractivity contribution in [2.75, 3.05) is 6.54 Å². The van der Waals surface area contributed by atoms with Crippen molar-refractivity contribution in [3.8, 4) is 0 Å². The normalized spacial score (nSPS) is 29.2. The Bertz CT molecular complexity index is 593. The lowest BCUT2D eigenvalue weighted by atomic mass is 10.00. The Balaban J connectivity index is 1.88. The summed E-state index contributed by atoms with van der Waals surface area (Å²) in [6.07, 6.45) is 5.77. The second-order valence-electron chi connectivity index (χ2n) is 6.21. The first-order valence-corrected chi connectivity index (χ1v) is 9.13. The van der Waals surface area contributed by atoms with Gasteiger partial charge in [0, 0.05) is 37.9 Å². The fraction of sp³-hybridized carbons (Fsp3) is 0.786. The predicted octanol–water partition coefficient (Wildman–Crippen LogP) is 1.02. The minimum Gasteiger partial charge on any atom is -0.337 e. The van der Waals surface area contributed by atoms with Gasteiger partial charge in [0.2, 0.25) is 0 Å². The number of fused-ring (bicyclic) bond motifs is 2. The molecule has 2 aliphatic rings. The summed E-state index contributed by atoms with van der Waals surface area (Å²) in [6, 6.07) is 1.05. The molecule has 0 saturated carbocycles. The number of imidazole rings is 1. The molecule has 2 bridgehead atoms. The Morgan fingerprint density at radius 2 is 2.00 bits per heavy atom. The summed E-state index contributed by atoms with van der Waals surface area (Å²) in [5.41, 5.74) is 0. The standard InChI is InChI=1S/C14H24N4O2S/c1-4-18(13-7-11-5-6-12(8-13)16-11)21(19,20)14-9-17(3)10(2)15-14/h9,11-13,16H,4-8H2,1-3H3. The molecule has 0 spiro atoms. The molecule has 3 rings (SSSR count). The lowest BCUT2D eigenvalue weighted by Crippen LogP contribution is -2.50. The van der Waals surface area contributed by atoms with Gasteiger partial charge in [-0.2, -0.15) is 4.31 Å². The highest BCUT2D eigenvalue weighted by Gasteiger charge is 2.40. The van der Waals surface area contributed by atoms with Crippen LogP contribution in [0.1, 0.15) is 38.4 Å². The molecule has 0 aromatic carbocycles. The molecule has 118 valence electrons. The van der Waals surface area contributed by atoms with E-state index in [-0.39, 0.29) is 11.1 Å². The molecule has 2 saturated heterocycles. The lowest BCUT2D eigenvalue weighted by molar-refractivity contribution is 0.232. The number of aromatic nitrogens is 2. The van der Waals surface area contributed by atoms with E-state index < -0.39 is 10.0 Å². The van der Waals surface area contributed by atoms with E-state index in [0.29, 0.717) is 18.6 Å². The summed E-state index contributed by atoms with van der Waals surface area (Å²) in [6.45, 7) is 4.24. The van der Waals surface area contributed by atoms with Crippen LogP contribution in [0.25, 0.3) is 0 Å². The smallest absolute Gasteiger partial charge is 0.262 e. The SMILES string of the molecule is CCN(C1CC2CCC(C1)N2)S(=O)(=O)c1cn(C)c(C)n1. The van der Waals surface area contributed by atoms with E-state index in [1.165, 1.54) is 12.8 Å². The zero-order valence-corrected chi connectivity index (χ0v) is 13.7. The van der Waals surface area contributed by atoms with Crippen LogP contribution in [0.3, 0.4) is 0 Å². The summed E-state index contributed by atoms with van der Waals surface area (Å²) in [4.78, 5) is 4.22. The van der Waals surface area contributed by atoms with Crippen molar-refractivity contribution in [3.63, 3.8) is 0 Å². The van der Waals surface area contributed by atoms with Crippen LogP contribution < -0.4 is 5.32 Å². The van der Waals surface area contributed by atoms with Crippen LogP contribution in [0.4, 0.5) is 0 Å². The van der Waals surface area contributed by atoms with Crippen molar-refractivity contribution in [2.24, 2.45) is 7.05 Å². The maximum Gasteiger partial charge on any atom is 0.262 e. The van der Waals surface area contributed by atoms with E-state index in [1.54, 1.807) is 15.1 Å². The maximum absolute atomic E-state index is 12.9. The van der Waals surface area contributed by atoms with Crippen molar-refractivity contribution in [1.82, 2.24) is 19.2 Å². The van der Waals surface area contributed by atoms with E-state index in [1.807, 2.05) is 20.9 Å². The van der Waals surface area contributed by atoms with Gasteiger partial charge in [0.25, 0.3) is 10.0 Å². The first-order valence-electron chi connectivity index (χ1n) is 7.69. The number of nitrogens with zero attached hydrogens (tertiary/aromatic N) is 3. The lowest BCUT2D eigenvalue weighted by Gasteiger charge is -2.36. The Hall–Kier alpha value is -0.920. The zero-order chi connectivity index (χ0) is 15.2. The quantitative estimate of drug-likeness (QED) is 0.901. The van der Waals surface area contributed by atoms with E-state index in [0.717, 1.165) is 18.7 Å². The van der Waals surface area contributed by atoms with Crippen LogP contribution in [0.5, 0.6) is 0 Å². The molecule has 2 fully saturated rings. The Labute approximate surface area is 126 Å². The van der Waals surface area contributed by atoms with Gasteiger partial charge in [0.1, 0.15) is 5.82 Å². The van der Waals surface area contributed by atoms with E-state index in [2.05, 4.69) is 10.3 Å². The molecule has 2 unspecified atom stereocenters. The predicted molar refractivity (Wildman–Crippen MR) is 80.5 cm³/mol. The van der Waals surface area contributed by atoms with Gasteiger partial charge < -0.3 is 9.88 Å². The van der Waals surface area contributed by atoms with Crippen LogP contribution in [0.15, 0.2) is 11.2 Å². The Kier molecular flexibility index (Phi) is 3.83. The molecule has 2 atom stereocenters.